The molecular weight excluding hydrogens is 248 g/mol. The number of nitrogens with zero attached hydrogens (tertiary/aromatic N) is 3. The van der Waals surface area contributed by atoms with Crippen molar-refractivity contribution >= 4 is 17.2 Å². The number of rotatable bonds is 4. The number of thiocarbonyl (C=S) groups is 1. The second-order valence-electron chi connectivity index (χ2n) is 4.09. The molecule has 0 aromatic carbocycles. The SMILES string of the molecule is CC(C)n1cc(Oc2cnccc2C(N)=S)cn1. The molecule has 0 saturated heterocycles. The van der Waals surface area contributed by atoms with Crippen molar-refractivity contribution in [3.63, 3.8) is 0 Å². The molecule has 0 aliphatic carbocycles. The highest BCUT2D eigenvalue weighted by Gasteiger charge is 2.09. The van der Waals surface area contributed by atoms with Crippen molar-refractivity contribution < 1.29 is 4.74 Å². The third kappa shape index (κ3) is 2.65. The van der Waals surface area contributed by atoms with Crippen LogP contribution in [0.1, 0.15) is 25.5 Å². The molecule has 0 unspecified atom stereocenters. The Bertz CT molecular complexity index is 565. The van der Waals surface area contributed by atoms with Crippen molar-refractivity contribution in [1.82, 2.24) is 14.8 Å². The molecule has 0 aliphatic rings. The molecule has 0 fully saturated rings. The smallest absolute Gasteiger partial charge is 0.165 e. The zero-order valence-electron chi connectivity index (χ0n) is 10.2. The van der Waals surface area contributed by atoms with Gasteiger partial charge in [-0.2, -0.15) is 5.10 Å². The van der Waals surface area contributed by atoms with E-state index in [0.29, 0.717) is 17.1 Å². The van der Waals surface area contributed by atoms with Crippen molar-refractivity contribution in [2.75, 3.05) is 0 Å². The zero-order chi connectivity index (χ0) is 13.1. The number of aromatic nitrogens is 3. The van der Waals surface area contributed by atoms with Gasteiger partial charge in [0, 0.05) is 12.2 Å². The van der Waals surface area contributed by atoms with Crippen LogP contribution in [0, 0.1) is 0 Å². The van der Waals surface area contributed by atoms with Gasteiger partial charge in [-0.25, -0.2) is 0 Å². The van der Waals surface area contributed by atoms with E-state index in [-0.39, 0.29) is 11.0 Å². The summed E-state index contributed by atoms with van der Waals surface area (Å²) in [7, 11) is 0. The topological polar surface area (TPSA) is 66.0 Å². The molecular formula is C12H14N4OS. The number of hydrogen-bond acceptors (Lipinski definition) is 4. The predicted octanol–water partition coefficient (Wildman–Crippen LogP) is 2.29. The molecule has 0 aliphatic heterocycles. The van der Waals surface area contributed by atoms with E-state index in [1.54, 1.807) is 24.7 Å². The summed E-state index contributed by atoms with van der Waals surface area (Å²) in [4.78, 5) is 4.28. The Labute approximate surface area is 111 Å². The maximum absolute atomic E-state index is 5.69. The molecule has 2 aromatic heterocycles. The van der Waals surface area contributed by atoms with E-state index < -0.39 is 0 Å². The minimum absolute atomic E-state index is 0.281. The van der Waals surface area contributed by atoms with E-state index in [9.17, 15) is 0 Å². The van der Waals surface area contributed by atoms with Gasteiger partial charge in [0.05, 0.1) is 24.2 Å². The largest absolute Gasteiger partial charge is 0.452 e. The van der Waals surface area contributed by atoms with E-state index in [1.807, 2.05) is 24.7 Å². The Morgan fingerprint density at radius 1 is 1.44 bits per heavy atom. The maximum Gasteiger partial charge on any atom is 0.165 e. The van der Waals surface area contributed by atoms with Gasteiger partial charge in [0.15, 0.2) is 11.5 Å². The number of pyridine rings is 1. The zero-order valence-corrected chi connectivity index (χ0v) is 11.0. The fourth-order valence-corrected chi connectivity index (χ4v) is 1.62. The second kappa shape index (κ2) is 5.14. The van der Waals surface area contributed by atoms with Crippen LogP contribution in [0.5, 0.6) is 11.5 Å². The van der Waals surface area contributed by atoms with Crippen LogP contribution in [-0.2, 0) is 0 Å². The Morgan fingerprint density at radius 3 is 2.83 bits per heavy atom. The van der Waals surface area contributed by atoms with Crippen molar-refractivity contribution in [3.8, 4) is 11.5 Å². The van der Waals surface area contributed by atoms with E-state index in [0.717, 1.165) is 0 Å². The number of hydrogen-bond donors (Lipinski definition) is 1. The average molecular weight is 262 g/mol. The Hall–Kier alpha value is -1.95. The van der Waals surface area contributed by atoms with Crippen LogP contribution < -0.4 is 10.5 Å². The van der Waals surface area contributed by atoms with Gasteiger partial charge >= 0.3 is 0 Å². The number of nitrogens with two attached hydrogens (primary N) is 1. The van der Waals surface area contributed by atoms with Crippen molar-refractivity contribution in [2.24, 2.45) is 5.73 Å². The summed E-state index contributed by atoms with van der Waals surface area (Å²) in [6.07, 6.45) is 6.68. The molecule has 0 atom stereocenters. The highest BCUT2D eigenvalue weighted by Crippen LogP contribution is 2.24. The highest BCUT2D eigenvalue weighted by molar-refractivity contribution is 7.80. The van der Waals surface area contributed by atoms with Crippen LogP contribution in [-0.4, -0.2) is 19.8 Å². The average Bonchev–Trinajstić information content (AvgIpc) is 2.78. The van der Waals surface area contributed by atoms with Gasteiger partial charge in [0.1, 0.15) is 4.99 Å². The Balaban J connectivity index is 2.25. The van der Waals surface area contributed by atoms with Crippen LogP contribution in [0.25, 0.3) is 0 Å². The third-order valence-electron chi connectivity index (χ3n) is 2.38. The number of ether oxygens (including phenoxy) is 1. The van der Waals surface area contributed by atoms with E-state index >= 15 is 0 Å². The summed E-state index contributed by atoms with van der Waals surface area (Å²) in [6, 6.07) is 2.01. The normalized spacial score (nSPS) is 10.6. The summed E-state index contributed by atoms with van der Waals surface area (Å²) in [5.74, 6) is 1.17. The summed E-state index contributed by atoms with van der Waals surface area (Å²) in [6.45, 7) is 4.09. The molecule has 94 valence electrons. The standard InChI is InChI=1S/C12H14N4OS/c1-8(2)16-7-9(5-15-16)17-11-6-14-4-3-10(11)12(13)18/h3-8H,1-2H3,(H2,13,18). The molecule has 0 saturated carbocycles. The van der Waals surface area contributed by atoms with Crippen LogP contribution in [0.15, 0.2) is 30.9 Å². The van der Waals surface area contributed by atoms with Crippen LogP contribution in [0.4, 0.5) is 0 Å². The van der Waals surface area contributed by atoms with Crippen molar-refractivity contribution in [2.45, 2.75) is 19.9 Å². The lowest BCUT2D eigenvalue weighted by atomic mass is 10.2. The van der Waals surface area contributed by atoms with Crippen LogP contribution in [0.2, 0.25) is 0 Å². The fourth-order valence-electron chi connectivity index (χ4n) is 1.45. The summed E-state index contributed by atoms with van der Waals surface area (Å²) >= 11 is 4.96. The van der Waals surface area contributed by atoms with Crippen molar-refractivity contribution in [1.29, 1.82) is 0 Å². The first kappa shape index (κ1) is 12.5. The van der Waals surface area contributed by atoms with Gasteiger partial charge in [-0.3, -0.25) is 9.67 Å². The van der Waals surface area contributed by atoms with E-state index in [1.165, 1.54) is 0 Å². The van der Waals surface area contributed by atoms with Gasteiger partial charge in [0.25, 0.3) is 0 Å². The molecule has 0 bridgehead atoms. The van der Waals surface area contributed by atoms with Crippen LogP contribution >= 0.6 is 12.2 Å². The quantitative estimate of drug-likeness (QED) is 0.856. The molecule has 18 heavy (non-hydrogen) atoms. The van der Waals surface area contributed by atoms with E-state index in [2.05, 4.69) is 10.1 Å². The van der Waals surface area contributed by atoms with Crippen molar-refractivity contribution in [3.05, 3.63) is 36.4 Å². The molecule has 2 rings (SSSR count). The minimum Gasteiger partial charge on any atom is -0.452 e. The highest BCUT2D eigenvalue weighted by atomic mass is 32.1. The minimum atomic E-state index is 0.281. The monoisotopic (exact) mass is 262 g/mol. The molecule has 6 heteroatoms. The summed E-state index contributed by atoms with van der Waals surface area (Å²) in [5, 5.41) is 4.19. The molecule has 0 radical (unpaired) electrons. The first-order valence-corrected chi connectivity index (χ1v) is 5.94. The van der Waals surface area contributed by atoms with Crippen LogP contribution in [0.3, 0.4) is 0 Å². The molecule has 2 N–H and O–H groups in total. The lowest BCUT2D eigenvalue weighted by Gasteiger charge is -2.07. The molecule has 2 heterocycles. The molecule has 5 nitrogen and oxygen atoms in total. The first-order chi connectivity index (χ1) is 8.58. The Kier molecular flexibility index (Phi) is 3.57. The van der Waals surface area contributed by atoms with E-state index in [4.69, 9.17) is 22.7 Å². The summed E-state index contributed by atoms with van der Waals surface area (Å²) < 4.78 is 7.50. The predicted molar refractivity (Wildman–Crippen MR) is 72.8 cm³/mol. The fraction of sp³-hybridized carbons (Fsp3) is 0.250. The van der Waals surface area contributed by atoms with Gasteiger partial charge in [-0.05, 0) is 19.9 Å². The lowest BCUT2D eigenvalue weighted by molar-refractivity contribution is 0.474. The second-order valence-corrected chi connectivity index (χ2v) is 4.53. The van der Waals surface area contributed by atoms with Gasteiger partial charge < -0.3 is 10.5 Å². The van der Waals surface area contributed by atoms with Gasteiger partial charge in [-0.15, -0.1) is 0 Å². The Morgan fingerprint density at radius 2 is 2.22 bits per heavy atom. The molecule has 0 spiro atoms. The maximum atomic E-state index is 5.69. The molecule has 0 amide bonds. The summed E-state index contributed by atoms with van der Waals surface area (Å²) in [5.41, 5.74) is 6.29. The molecule has 2 aromatic rings. The third-order valence-corrected chi connectivity index (χ3v) is 2.60. The van der Waals surface area contributed by atoms with Gasteiger partial charge in [0.2, 0.25) is 0 Å². The first-order valence-electron chi connectivity index (χ1n) is 5.53. The van der Waals surface area contributed by atoms with Gasteiger partial charge in [-0.1, -0.05) is 12.2 Å². The lowest BCUT2D eigenvalue weighted by Crippen LogP contribution is -2.10.